The molecule has 8 N–H and O–H groups in total. The molecule has 2 fully saturated rings. The fourth-order valence-corrected chi connectivity index (χ4v) is 5.05. The van der Waals surface area contributed by atoms with E-state index >= 15 is 0 Å². The Kier molecular flexibility index (Phi) is 8.20. The van der Waals surface area contributed by atoms with Crippen LogP contribution in [0, 0.1) is 0 Å². The molecule has 14 nitrogen and oxygen atoms in total. The zero-order chi connectivity index (χ0) is 29.6. The first-order chi connectivity index (χ1) is 19.5. The summed E-state index contributed by atoms with van der Waals surface area (Å²) in [5.41, 5.74) is -0.566. The van der Waals surface area contributed by atoms with Crippen LogP contribution in [0.2, 0.25) is 0 Å². The van der Waals surface area contributed by atoms with Gasteiger partial charge in [-0.1, -0.05) is 0 Å². The Morgan fingerprint density at radius 2 is 1.66 bits per heavy atom. The third-order valence-electron chi connectivity index (χ3n) is 7.25. The van der Waals surface area contributed by atoms with Gasteiger partial charge in [-0.3, -0.25) is 4.79 Å². The summed E-state index contributed by atoms with van der Waals surface area (Å²) in [7, 11) is 1.26. The average molecular weight is 579 g/mol. The fourth-order valence-electron chi connectivity index (χ4n) is 5.05. The predicted octanol–water partition coefficient (Wildman–Crippen LogP) is -1.14. The normalized spacial score (nSPS) is 32.2. The minimum atomic E-state index is -1.79. The van der Waals surface area contributed by atoms with Gasteiger partial charge in [0.05, 0.1) is 25.9 Å². The number of methoxy groups -OCH3 is 1. The highest BCUT2D eigenvalue weighted by Gasteiger charge is 2.50. The maximum Gasteiger partial charge on any atom is 0.197 e. The van der Waals surface area contributed by atoms with Crippen molar-refractivity contribution in [3.05, 3.63) is 52.2 Å². The van der Waals surface area contributed by atoms with Gasteiger partial charge in [0.15, 0.2) is 17.3 Å². The van der Waals surface area contributed by atoms with Gasteiger partial charge in [-0.15, -0.1) is 0 Å². The first-order valence-electron chi connectivity index (χ1n) is 12.7. The van der Waals surface area contributed by atoms with Crippen molar-refractivity contribution in [2.24, 2.45) is 0 Å². The summed E-state index contributed by atoms with van der Waals surface area (Å²) < 4.78 is 28.6. The molecule has 222 valence electrons. The Morgan fingerprint density at radius 1 is 0.951 bits per heavy atom. The summed E-state index contributed by atoms with van der Waals surface area (Å²) in [4.78, 5) is 13.2. The second-order valence-corrected chi connectivity index (χ2v) is 9.85. The highest BCUT2D eigenvalue weighted by Crippen LogP contribution is 2.45. The molecule has 2 aliphatic heterocycles. The van der Waals surface area contributed by atoms with Gasteiger partial charge in [0.25, 0.3) is 0 Å². The summed E-state index contributed by atoms with van der Waals surface area (Å²) in [5.74, 6) is -0.574. The van der Waals surface area contributed by atoms with Gasteiger partial charge < -0.3 is 64.2 Å². The number of phenols is 2. The smallest absolute Gasteiger partial charge is 0.197 e. The molecule has 9 atom stereocenters. The zero-order valence-electron chi connectivity index (χ0n) is 21.6. The van der Waals surface area contributed by atoms with Gasteiger partial charge in [0.1, 0.15) is 77.2 Å². The number of ether oxygens (including phenoxy) is 4. The molecule has 0 aliphatic carbocycles. The molecule has 5 rings (SSSR count). The summed E-state index contributed by atoms with van der Waals surface area (Å²) >= 11 is 0. The van der Waals surface area contributed by atoms with E-state index in [1.807, 2.05) is 0 Å². The molecule has 0 spiro atoms. The maximum absolute atomic E-state index is 13.2. The van der Waals surface area contributed by atoms with Gasteiger partial charge in [-0.05, 0) is 24.3 Å². The van der Waals surface area contributed by atoms with Crippen LogP contribution in [0.3, 0.4) is 0 Å². The molecule has 1 aromatic heterocycles. The third kappa shape index (κ3) is 5.25. The van der Waals surface area contributed by atoms with Crippen molar-refractivity contribution in [3.63, 3.8) is 0 Å². The summed E-state index contributed by atoms with van der Waals surface area (Å²) in [6.45, 7) is -1.16. The van der Waals surface area contributed by atoms with E-state index in [2.05, 4.69) is 0 Å². The van der Waals surface area contributed by atoms with E-state index in [-0.39, 0.29) is 33.8 Å². The number of aliphatic hydroxyl groups is 6. The van der Waals surface area contributed by atoms with Crippen molar-refractivity contribution in [1.29, 1.82) is 0 Å². The van der Waals surface area contributed by atoms with Crippen LogP contribution in [-0.2, 0) is 14.2 Å². The molecule has 14 heteroatoms. The topological polar surface area (TPSA) is 229 Å². The Hall–Kier alpha value is -3.31. The van der Waals surface area contributed by atoms with E-state index in [0.29, 0.717) is 5.56 Å². The van der Waals surface area contributed by atoms with Crippen LogP contribution in [0.5, 0.6) is 17.2 Å². The van der Waals surface area contributed by atoms with E-state index in [0.717, 1.165) is 12.1 Å². The zero-order valence-corrected chi connectivity index (χ0v) is 21.6. The van der Waals surface area contributed by atoms with Crippen molar-refractivity contribution in [3.8, 4) is 28.6 Å². The monoisotopic (exact) mass is 578 g/mol. The largest absolute Gasteiger partial charge is 0.508 e. The Bertz CT molecular complexity index is 1440. The minimum absolute atomic E-state index is 0.0279. The van der Waals surface area contributed by atoms with Crippen LogP contribution in [0.25, 0.3) is 22.3 Å². The van der Waals surface area contributed by atoms with Crippen LogP contribution < -0.4 is 10.2 Å². The van der Waals surface area contributed by atoms with E-state index in [9.17, 15) is 45.6 Å². The molecule has 0 amide bonds. The molecular weight excluding hydrogens is 548 g/mol. The number of hydrogen-bond donors (Lipinski definition) is 8. The van der Waals surface area contributed by atoms with Crippen LogP contribution in [0.4, 0.5) is 0 Å². The average Bonchev–Trinajstić information content (AvgIpc) is 2.95. The van der Waals surface area contributed by atoms with Gasteiger partial charge in [-0.2, -0.15) is 0 Å². The lowest BCUT2D eigenvalue weighted by atomic mass is 9.89. The van der Waals surface area contributed by atoms with Crippen LogP contribution in [0.1, 0.15) is 11.7 Å². The molecule has 2 aromatic carbocycles. The Morgan fingerprint density at radius 3 is 2.32 bits per heavy atom. The van der Waals surface area contributed by atoms with Gasteiger partial charge >= 0.3 is 0 Å². The van der Waals surface area contributed by atoms with Gasteiger partial charge in [0.2, 0.25) is 0 Å². The quantitative estimate of drug-likeness (QED) is 0.173. The SMILES string of the molecule is COc1cc(O)c2c(=O)cc(-c3ccc(O)cc3)oc2c1[C@@H]1O[C@H](CO)[C@@H](O)[C@H](O)[C@H]1O[C@H]1OC[C@H](O)[C@H](O)[C@H]1O. The standard InChI is InChI=1S/C27H30O14/c1-37-16-7-13(31)18-12(30)6-15(10-2-4-11(29)5-3-10)39-24(18)19(16)25-26(22(35)21(34)17(8-28)40-25)41-27-23(36)20(33)14(32)9-38-27/h2-7,14,17,20-23,25-29,31-36H,8-9H2,1H3/t14-,17+,20-,21+,22-,23+,25-,26+,27+/m0/s1. The number of aromatic hydroxyl groups is 2. The molecule has 3 heterocycles. The first-order valence-corrected chi connectivity index (χ1v) is 12.7. The molecule has 41 heavy (non-hydrogen) atoms. The fraction of sp³-hybridized carbons (Fsp3) is 0.444. The lowest BCUT2D eigenvalue weighted by Crippen LogP contribution is -2.60. The van der Waals surface area contributed by atoms with Gasteiger partial charge in [0, 0.05) is 17.7 Å². The number of phenolic OH excluding ortho intramolecular Hbond substituents is 2. The van der Waals surface area contributed by atoms with Crippen molar-refractivity contribution in [2.75, 3.05) is 20.3 Å². The number of rotatable bonds is 6. The predicted molar refractivity (Wildman–Crippen MR) is 137 cm³/mol. The number of aliphatic hydroxyl groups excluding tert-OH is 6. The summed E-state index contributed by atoms with van der Waals surface area (Å²) in [6, 6.07) is 7.99. The van der Waals surface area contributed by atoms with Crippen molar-refractivity contribution in [1.82, 2.24) is 0 Å². The molecule has 0 unspecified atom stereocenters. The van der Waals surface area contributed by atoms with Crippen molar-refractivity contribution >= 4 is 11.0 Å². The van der Waals surface area contributed by atoms with E-state index in [1.54, 1.807) is 0 Å². The Labute approximate surface area is 231 Å². The molecule has 0 bridgehead atoms. The Balaban J connectivity index is 1.69. The molecule has 2 aliphatic rings. The second kappa shape index (κ2) is 11.5. The summed E-state index contributed by atoms with van der Waals surface area (Å²) in [6.07, 6.45) is -14.4. The first kappa shape index (κ1) is 29.2. The van der Waals surface area contributed by atoms with E-state index in [4.69, 9.17) is 23.4 Å². The van der Waals surface area contributed by atoms with Crippen LogP contribution in [0.15, 0.2) is 45.6 Å². The number of benzene rings is 2. The minimum Gasteiger partial charge on any atom is -0.508 e. The molecule has 0 radical (unpaired) electrons. The van der Waals surface area contributed by atoms with Gasteiger partial charge in [-0.25, -0.2) is 0 Å². The lowest BCUT2D eigenvalue weighted by Gasteiger charge is -2.45. The second-order valence-electron chi connectivity index (χ2n) is 9.85. The van der Waals surface area contributed by atoms with Crippen molar-refractivity contribution in [2.45, 2.75) is 55.1 Å². The lowest BCUT2D eigenvalue weighted by molar-refractivity contribution is -0.325. The summed E-state index contributed by atoms with van der Waals surface area (Å²) in [5, 5.41) is 82.1. The number of hydrogen-bond acceptors (Lipinski definition) is 14. The van der Waals surface area contributed by atoms with Crippen LogP contribution in [-0.4, -0.2) is 110 Å². The highest BCUT2D eigenvalue weighted by molar-refractivity contribution is 5.89. The van der Waals surface area contributed by atoms with E-state index in [1.165, 1.54) is 31.4 Å². The number of fused-ring (bicyclic) bond motifs is 1. The van der Waals surface area contributed by atoms with Crippen LogP contribution >= 0.6 is 0 Å². The molecule has 0 saturated carbocycles. The third-order valence-corrected chi connectivity index (χ3v) is 7.25. The molecule has 2 saturated heterocycles. The van der Waals surface area contributed by atoms with E-state index < -0.39 is 79.5 Å². The molecule has 3 aromatic rings. The molecular formula is C27H30O14. The maximum atomic E-state index is 13.2. The van der Waals surface area contributed by atoms with Crippen molar-refractivity contribution < 1.29 is 64.2 Å². The highest BCUT2D eigenvalue weighted by atomic mass is 16.7.